The Hall–Kier alpha value is -1.36. The van der Waals surface area contributed by atoms with Crippen LogP contribution in [0.4, 0.5) is 11.6 Å². The second kappa shape index (κ2) is 5.65. The van der Waals surface area contributed by atoms with E-state index in [0.717, 1.165) is 17.9 Å². The van der Waals surface area contributed by atoms with E-state index in [1.165, 1.54) is 6.33 Å². The van der Waals surface area contributed by atoms with Crippen LogP contribution in [0.5, 0.6) is 0 Å². The summed E-state index contributed by atoms with van der Waals surface area (Å²) in [4.78, 5) is 10.2. The molecule has 0 spiro atoms. The van der Waals surface area contributed by atoms with Crippen LogP contribution in [0.25, 0.3) is 0 Å². The van der Waals surface area contributed by atoms with Gasteiger partial charge in [-0.1, -0.05) is 0 Å². The number of aromatic nitrogens is 2. The summed E-state index contributed by atoms with van der Waals surface area (Å²) in [5.74, 6) is 1.39. The lowest BCUT2D eigenvalue weighted by molar-refractivity contribution is 0.0845. The molecule has 1 aromatic rings. The molecule has 0 atom stereocenters. The molecule has 90 valence electrons. The summed E-state index contributed by atoms with van der Waals surface area (Å²) in [5.41, 5.74) is 6.64. The lowest BCUT2D eigenvalue weighted by Gasteiger charge is -2.20. The number of hydrogen-bond acceptors (Lipinski definition) is 5. The van der Waals surface area contributed by atoms with Gasteiger partial charge in [0.1, 0.15) is 18.0 Å². The summed E-state index contributed by atoms with van der Waals surface area (Å²) in [7, 11) is 1.97. The maximum absolute atomic E-state index is 5.73. The number of rotatable bonds is 5. The number of ether oxygens (including phenoxy) is 1. The first-order valence-electron chi connectivity index (χ1n) is 5.42. The first-order chi connectivity index (χ1) is 7.52. The number of nitrogen functional groups attached to an aromatic ring is 1. The van der Waals surface area contributed by atoms with Crippen molar-refractivity contribution in [2.24, 2.45) is 0 Å². The molecule has 0 fully saturated rings. The Labute approximate surface area is 96.6 Å². The van der Waals surface area contributed by atoms with Crippen molar-refractivity contribution in [2.75, 3.05) is 30.8 Å². The van der Waals surface area contributed by atoms with Crippen molar-refractivity contribution in [3.05, 3.63) is 11.9 Å². The molecule has 0 aliphatic heterocycles. The van der Waals surface area contributed by atoms with Crippen LogP contribution in [0.2, 0.25) is 0 Å². The Morgan fingerprint density at radius 1 is 1.44 bits per heavy atom. The zero-order valence-corrected chi connectivity index (χ0v) is 10.4. The Morgan fingerprint density at radius 2 is 2.12 bits per heavy atom. The predicted molar refractivity (Wildman–Crippen MR) is 65.5 cm³/mol. The monoisotopic (exact) mass is 224 g/mol. The second-order valence-corrected chi connectivity index (χ2v) is 4.05. The van der Waals surface area contributed by atoms with Crippen LogP contribution in [0.1, 0.15) is 19.4 Å². The fourth-order valence-electron chi connectivity index (χ4n) is 1.37. The highest BCUT2D eigenvalue weighted by atomic mass is 16.5. The smallest absolute Gasteiger partial charge is 0.136 e. The van der Waals surface area contributed by atoms with Crippen molar-refractivity contribution in [2.45, 2.75) is 26.9 Å². The third-order valence-corrected chi connectivity index (χ3v) is 2.34. The molecule has 0 aliphatic rings. The lowest BCUT2D eigenvalue weighted by atomic mass is 10.3. The lowest BCUT2D eigenvalue weighted by Crippen LogP contribution is -2.25. The van der Waals surface area contributed by atoms with Gasteiger partial charge in [0, 0.05) is 19.2 Å². The molecule has 0 radical (unpaired) electrons. The Kier molecular flexibility index (Phi) is 4.49. The van der Waals surface area contributed by atoms with Gasteiger partial charge in [0.2, 0.25) is 0 Å². The minimum absolute atomic E-state index is 0.255. The molecule has 5 heteroatoms. The van der Waals surface area contributed by atoms with E-state index in [2.05, 4.69) is 9.97 Å². The summed E-state index contributed by atoms with van der Waals surface area (Å²) < 4.78 is 5.49. The van der Waals surface area contributed by atoms with Crippen LogP contribution < -0.4 is 10.6 Å². The van der Waals surface area contributed by atoms with Gasteiger partial charge in [0.15, 0.2) is 0 Å². The van der Waals surface area contributed by atoms with Crippen LogP contribution in [-0.2, 0) is 4.74 Å². The average Bonchev–Trinajstić information content (AvgIpc) is 2.21. The first kappa shape index (κ1) is 12.7. The van der Waals surface area contributed by atoms with Crippen LogP contribution in [0.3, 0.4) is 0 Å². The van der Waals surface area contributed by atoms with E-state index >= 15 is 0 Å². The average molecular weight is 224 g/mol. The van der Waals surface area contributed by atoms with E-state index < -0.39 is 0 Å². The van der Waals surface area contributed by atoms with E-state index in [9.17, 15) is 0 Å². The number of likely N-dealkylation sites (N-methyl/N-ethyl adjacent to an activating group) is 1. The third-order valence-electron chi connectivity index (χ3n) is 2.34. The minimum Gasteiger partial charge on any atom is -0.383 e. The normalized spacial score (nSPS) is 10.8. The quantitative estimate of drug-likeness (QED) is 0.815. The van der Waals surface area contributed by atoms with Gasteiger partial charge in [-0.3, -0.25) is 0 Å². The molecule has 0 amide bonds. The molecule has 0 bridgehead atoms. The van der Waals surface area contributed by atoms with Crippen LogP contribution in [0, 0.1) is 6.92 Å². The van der Waals surface area contributed by atoms with Crippen LogP contribution in [-0.4, -0.2) is 36.3 Å². The third kappa shape index (κ3) is 3.34. The highest BCUT2D eigenvalue weighted by Crippen LogP contribution is 2.18. The van der Waals surface area contributed by atoms with E-state index in [0.29, 0.717) is 12.4 Å². The molecule has 0 aliphatic carbocycles. The predicted octanol–water partition coefficient (Wildman–Crippen LogP) is 1.23. The van der Waals surface area contributed by atoms with Crippen LogP contribution >= 0.6 is 0 Å². The number of anilines is 2. The topological polar surface area (TPSA) is 64.3 Å². The molecule has 0 saturated heterocycles. The molecule has 16 heavy (non-hydrogen) atoms. The summed E-state index contributed by atoms with van der Waals surface area (Å²) >= 11 is 0. The van der Waals surface area contributed by atoms with E-state index in [4.69, 9.17) is 10.5 Å². The van der Waals surface area contributed by atoms with Gasteiger partial charge in [-0.15, -0.1) is 0 Å². The fourth-order valence-corrected chi connectivity index (χ4v) is 1.37. The van der Waals surface area contributed by atoms with Crippen LogP contribution in [0.15, 0.2) is 6.33 Å². The maximum atomic E-state index is 5.73. The Bertz CT molecular complexity index is 341. The van der Waals surface area contributed by atoms with E-state index in [1.54, 1.807) is 0 Å². The Balaban J connectivity index is 2.59. The summed E-state index contributed by atoms with van der Waals surface area (Å²) in [6, 6.07) is 0. The minimum atomic E-state index is 0.255. The zero-order chi connectivity index (χ0) is 12.1. The van der Waals surface area contributed by atoms with Crippen molar-refractivity contribution >= 4 is 11.6 Å². The molecular weight excluding hydrogens is 204 g/mol. The zero-order valence-electron chi connectivity index (χ0n) is 10.4. The fraction of sp³-hybridized carbons (Fsp3) is 0.636. The standard InChI is InChI=1S/C11H20N4O/c1-8(2)16-6-5-15(4)11-9(3)10(12)13-7-14-11/h7-8H,5-6H2,1-4H3,(H2,12,13,14). The largest absolute Gasteiger partial charge is 0.383 e. The van der Waals surface area contributed by atoms with E-state index in [-0.39, 0.29) is 6.10 Å². The van der Waals surface area contributed by atoms with Gasteiger partial charge in [-0.2, -0.15) is 0 Å². The molecule has 0 unspecified atom stereocenters. The van der Waals surface area contributed by atoms with Crippen molar-refractivity contribution < 1.29 is 4.74 Å². The molecule has 0 saturated carbocycles. The maximum Gasteiger partial charge on any atom is 0.136 e. The number of nitrogens with two attached hydrogens (primary N) is 1. The second-order valence-electron chi connectivity index (χ2n) is 4.05. The van der Waals surface area contributed by atoms with Gasteiger partial charge >= 0.3 is 0 Å². The summed E-state index contributed by atoms with van der Waals surface area (Å²) in [6.07, 6.45) is 1.74. The molecule has 1 rings (SSSR count). The highest BCUT2D eigenvalue weighted by molar-refractivity contribution is 5.55. The Morgan fingerprint density at radius 3 is 2.75 bits per heavy atom. The van der Waals surface area contributed by atoms with Crippen molar-refractivity contribution in [3.63, 3.8) is 0 Å². The van der Waals surface area contributed by atoms with Crippen molar-refractivity contribution in [3.8, 4) is 0 Å². The first-order valence-corrected chi connectivity index (χ1v) is 5.42. The van der Waals surface area contributed by atoms with Gasteiger partial charge in [-0.05, 0) is 20.8 Å². The number of nitrogens with zero attached hydrogens (tertiary/aromatic N) is 3. The SMILES string of the molecule is Cc1c(N)ncnc1N(C)CCOC(C)C. The van der Waals surface area contributed by atoms with Gasteiger partial charge in [0.25, 0.3) is 0 Å². The molecule has 1 aromatic heterocycles. The van der Waals surface area contributed by atoms with Gasteiger partial charge in [-0.25, -0.2) is 9.97 Å². The molecule has 0 aromatic carbocycles. The van der Waals surface area contributed by atoms with Gasteiger partial charge in [0.05, 0.1) is 12.7 Å². The molecule has 2 N–H and O–H groups in total. The molecule has 1 heterocycles. The highest BCUT2D eigenvalue weighted by Gasteiger charge is 2.08. The molecule has 5 nitrogen and oxygen atoms in total. The van der Waals surface area contributed by atoms with E-state index in [1.807, 2.05) is 32.7 Å². The van der Waals surface area contributed by atoms with Gasteiger partial charge < -0.3 is 15.4 Å². The summed E-state index contributed by atoms with van der Waals surface area (Å²) in [6.45, 7) is 7.43. The number of hydrogen-bond donors (Lipinski definition) is 1. The summed E-state index contributed by atoms with van der Waals surface area (Å²) in [5, 5.41) is 0. The molecular formula is C11H20N4O. The van der Waals surface area contributed by atoms with Crippen molar-refractivity contribution in [1.82, 2.24) is 9.97 Å². The van der Waals surface area contributed by atoms with Crippen molar-refractivity contribution in [1.29, 1.82) is 0 Å².